The minimum Gasteiger partial charge on any atom is -0.497 e. The summed E-state index contributed by atoms with van der Waals surface area (Å²) in [4.78, 5) is 29.9. The van der Waals surface area contributed by atoms with Crippen LogP contribution >= 0.6 is 11.3 Å². The van der Waals surface area contributed by atoms with E-state index in [1.807, 2.05) is 76.9 Å². The quantitative estimate of drug-likeness (QED) is 0.307. The Kier molecular flexibility index (Phi) is 6.85. The van der Waals surface area contributed by atoms with Crippen LogP contribution in [0.3, 0.4) is 0 Å². The van der Waals surface area contributed by atoms with Gasteiger partial charge in [-0.15, -0.1) is 11.3 Å². The summed E-state index contributed by atoms with van der Waals surface area (Å²) < 4.78 is 5.35. The third-order valence-corrected chi connectivity index (χ3v) is 8.74. The van der Waals surface area contributed by atoms with Crippen molar-refractivity contribution in [1.82, 2.24) is 14.9 Å². The number of hydrogen-bond acceptors (Lipinski definition) is 6. The maximum absolute atomic E-state index is 12.9. The minimum atomic E-state index is 0.0576. The predicted octanol–water partition coefficient (Wildman–Crippen LogP) is 5.85. The minimum absolute atomic E-state index is 0.0576. The Morgan fingerprint density at radius 3 is 2.53 bits per heavy atom. The van der Waals surface area contributed by atoms with E-state index in [1.54, 1.807) is 13.2 Å². The van der Waals surface area contributed by atoms with E-state index in [0.717, 1.165) is 59.3 Å². The number of methoxy groups -OCH3 is 1. The Morgan fingerprint density at radius 2 is 1.79 bits per heavy atom. The van der Waals surface area contributed by atoms with Crippen LogP contribution in [0.4, 0.5) is 5.82 Å². The van der Waals surface area contributed by atoms with Crippen molar-refractivity contribution in [3.63, 3.8) is 0 Å². The molecule has 1 atom stereocenters. The Bertz CT molecular complexity index is 1470. The van der Waals surface area contributed by atoms with Crippen molar-refractivity contribution < 1.29 is 9.53 Å². The highest BCUT2D eigenvalue weighted by Gasteiger charge is 2.28. The number of benzene rings is 2. The topological polar surface area (TPSA) is 58.6 Å². The molecule has 1 unspecified atom stereocenters. The highest BCUT2D eigenvalue weighted by molar-refractivity contribution is 7.19. The summed E-state index contributed by atoms with van der Waals surface area (Å²) in [6.45, 7) is 5.18. The van der Waals surface area contributed by atoms with Gasteiger partial charge in [0.2, 0.25) is 5.91 Å². The number of anilines is 1. The molecule has 0 N–H and O–H groups in total. The first-order valence-electron chi connectivity index (χ1n) is 13.3. The van der Waals surface area contributed by atoms with Crippen molar-refractivity contribution in [1.29, 1.82) is 0 Å². The molecular formula is C31H32N4O2S. The third kappa shape index (κ3) is 4.90. The fraction of sp³-hybridized carbons (Fsp3) is 0.323. The maximum Gasteiger partial charge on any atom is 0.246 e. The summed E-state index contributed by atoms with van der Waals surface area (Å²) >= 11 is 1.83. The Morgan fingerprint density at radius 1 is 1.03 bits per heavy atom. The number of amides is 1. The number of fused-ring (bicyclic) bond motifs is 3. The third-order valence-electron chi connectivity index (χ3n) is 7.59. The van der Waals surface area contributed by atoms with Crippen LogP contribution in [-0.4, -0.2) is 54.1 Å². The lowest BCUT2D eigenvalue weighted by Gasteiger charge is -2.35. The molecule has 0 saturated carbocycles. The van der Waals surface area contributed by atoms with Crippen LogP contribution in [0, 0.1) is 5.92 Å². The molecule has 0 radical (unpaired) electrons. The van der Waals surface area contributed by atoms with Gasteiger partial charge in [-0.25, -0.2) is 9.97 Å². The average molecular weight is 525 g/mol. The first-order chi connectivity index (χ1) is 18.6. The second kappa shape index (κ2) is 10.6. The number of carbonyl (C=O) groups excluding carboxylic acids is 1. The largest absolute Gasteiger partial charge is 0.497 e. The molecule has 6 rings (SSSR count). The molecule has 0 spiro atoms. The van der Waals surface area contributed by atoms with Crippen LogP contribution in [0.5, 0.6) is 5.75 Å². The molecule has 4 aromatic rings. The van der Waals surface area contributed by atoms with Crippen LogP contribution in [0.1, 0.15) is 29.3 Å². The standard InChI is InChI=1S/C31H32N4O2S/c1-21-8-14-25-26(20-21)38-31-28(25)30(32-29(33-31)23-10-12-24(37-2)13-11-23)35-18-16-34(17-19-35)27(36)15-9-22-6-4-3-5-7-22/h3-7,9-13,15,21H,8,14,16-20H2,1-2H3/b15-9+. The van der Waals surface area contributed by atoms with Crippen molar-refractivity contribution >= 4 is 39.4 Å². The summed E-state index contributed by atoms with van der Waals surface area (Å²) in [6, 6.07) is 17.9. The van der Waals surface area contributed by atoms with Crippen LogP contribution in [0.2, 0.25) is 0 Å². The molecule has 38 heavy (non-hydrogen) atoms. The van der Waals surface area contributed by atoms with Gasteiger partial charge in [0, 0.05) is 42.7 Å². The second-order valence-electron chi connectivity index (χ2n) is 10.2. The molecule has 1 fully saturated rings. The molecule has 2 aliphatic rings. The summed E-state index contributed by atoms with van der Waals surface area (Å²) in [5.74, 6) is 3.33. The van der Waals surface area contributed by atoms with E-state index in [9.17, 15) is 4.79 Å². The van der Waals surface area contributed by atoms with Gasteiger partial charge in [0.05, 0.1) is 12.5 Å². The van der Waals surface area contributed by atoms with Crippen LogP contribution in [0.15, 0.2) is 60.7 Å². The smallest absolute Gasteiger partial charge is 0.246 e. The van der Waals surface area contributed by atoms with Crippen molar-refractivity contribution in [2.75, 3.05) is 38.2 Å². The zero-order valence-electron chi connectivity index (χ0n) is 21.9. The fourth-order valence-electron chi connectivity index (χ4n) is 5.40. The highest BCUT2D eigenvalue weighted by atomic mass is 32.1. The first kappa shape index (κ1) is 24.6. The number of nitrogens with zero attached hydrogens (tertiary/aromatic N) is 4. The van der Waals surface area contributed by atoms with E-state index in [-0.39, 0.29) is 5.91 Å². The number of hydrogen-bond donors (Lipinski definition) is 0. The SMILES string of the molecule is COc1ccc(-c2nc(N3CCN(C(=O)/C=C/c4ccccc4)CC3)c3c4c(sc3n2)CC(C)CC4)cc1. The number of carbonyl (C=O) groups is 1. The normalized spacial score (nSPS) is 17.7. The van der Waals surface area contributed by atoms with Gasteiger partial charge in [0.15, 0.2) is 5.82 Å². The zero-order chi connectivity index (χ0) is 26.1. The van der Waals surface area contributed by atoms with Crippen LogP contribution < -0.4 is 9.64 Å². The number of piperazine rings is 1. The molecule has 2 aromatic carbocycles. The molecule has 194 valence electrons. The van der Waals surface area contributed by atoms with E-state index in [1.165, 1.54) is 22.2 Å². The van der Waals surface area contributed by atoms with Crippen LogP contribution in [0.25, 0.3) is 27.7 Å². The van der Waals surface area contributed by atoms with Gasteiger partial charge in [-0.1, -0.05) is 37.3 Å². The number of thiophene rings is 1. The van der Waals surface area contributed by atoms with Gasteiger partial charge < -0.3 is 14.5 Å². The van der Waals surface area contributed by atoms with E-state index >= 15 is 0 Å². The molecule has 1 amide bonds. The van der Waals surface area contributed by atoms with Crippen molar-refractivity contribution in [2.24, 2.45) is 5.92 Å². The molecular weight excluding hydrogens is 492 g/mol. The van der Waals surface area contributed by atoms with E-state index in [4.69, 9.17) is 14.7 Å². The molecule has 1 saturated heterocycles. The Balaban J connectivity index is 1.29. The summed E-state index contributed by atoms with van der Waals surface area (Å²) in [6.07, 6.45) is 6.98. The molecule has 1 aliphatic carbocycles. The number of aromatic nitrogens is 2. The summed E-state index contributed by atoms with van der Waals surface area (Å²) in [5, 5.41) is 1.22. The predicted molar refractivity (Wildman–Crippen MR) is 155 cm³/mol. The van der Waals surface area contributed by atoms with Gasteiger partial charge in [-0.2, -0.15) is 0 Å². The lowest BCUT2D eigenvalue weighted by Crippen LogP contribution is -2.48. The molecule has 7 heteroatoms. The van der Waals surface area contributed by atoms with E-state index in [0.29, 0.717) is 19.0 Å². The van der Waals surface area contributed by atoms with Gasteiger partial charge in [-0.05, 0) is 66.6 Å². The second-order valence-corrected chi connectivity index (χ2v) is 11.3. The monoisotopic (exact) mass is 524 g/mol. The number of aryl methyl sites for hydroxylation is 1. The lowest BCUT2D eigenvalue weighted by atomic mass is 9.89. The molecule has 6 nitrogen and oxygen atoms in total. The maximum atomic E-state index is 12.9. The van der Waals surface area contributed by atoms with Gasteiger partial charge >= 0.3 is 0 Å². The lowest BCUT2D eigenvalue weighted by molar-refractivity contribution is -0.126. The zero-order valence-corrected chi connectivity index (χ0v) is 22.7. The summed E-state index contributed by atoms with van der Waals surface area (Å²) in [7, 11) is 1.68. The molecule has 1 aliphatic heterocycles. The van der Waals surface area contributed by atoms with E-state index < -0.39 is 0 Å². The Labute approximate surface area is 227 Å². The molecule has 0 bridgehead atoms. The number of rotatable bonds is 5. The average Bonchev–Trinajstić information content (AvgIpc) is 3.33. The number of ether oxygens (including phenoxy) is 1. The van der Waals surface area contributed by atoms with Crippen LogP contribution in [-0.2, 0) is 17.6 Å². The molecule has 2 aromatic heterocycles. The van der Waals surface area contributed by atoms with Crippen molar-refractivity contribution in [3.8, 4) is 17.1 Å². The van der Waals surface area contributed by atoms with Gasteiger partial charge in [0.25, 0.3) is 0 Å². The van der Waals surface area contributed by atoms with Crippen molar-refractivity contribution in [3.05, 3.63) is 76.7 Å². The van der Waals surface area contributed by atoms with Gasteiger partial charge in [-0.3, -0.25) is 4.79 Å². The summed E-state index contributed by atoms with van der Waals surface area (Å²) in [5.41, 5.74) is 3.45. The molecule has 3 heterocycles. The van der Waals surface area contributed by atoms with Crippen molar-refractivity contribution in [2.45, 2.75) is 26.2 Å². The first-order valence-corrected chi connectivity index (χ1v) is 14.1. The Hall–Kier alpha value is -3.71. The van der Waals surface area contributed by atoms with Gasteiger partial charge in [0.1, 0.15) is 16.4 Å². The highest BCUT2D eigenvalue weighted by Crippen LogP contribution is 2.42. The fourth-order valence-corrected chi connectivity index (χ4v) is 6.77. The van der Waals surface area contributed by atoms with E-state index in [2.05, 4.69) is 11.8 Å².